The van der Waals surface area contributed by atoms with Crippen molar-refractivity contribution in [3.8, 4) is 0 Å². The molecule has 1 aromatic rings. The predicted octanol–water partition coefficient (Wildman–Crippen LogP) is 3.59. The molecule has 0 atom stereocenters. The highest BCUT2D eigenvalue weighted by atomic mass is 15.4. The van der Waals surface area contributed by atoms with E-state index in [4.69, 9.17) is 0 Å². The molecule has 0 aromatic carbocycles. The molecule has 0 bridgehead atoms. The molecule has 3 heteroatoms. The summed E-state index contributed by atoms with van der Waals surface area (Å²) in [5.41, 5.74) is 1.15. The molecule has 3 nitrogen and oxygen atoms in total. The minimum atomic E-state index is 1.03. The molecule has 1 rings (SSSR count). The largest absolute Gasteiger partial charge is 0.252 e. The maximum atomic E-state index is 4.18. The molecule has 16 heavy (non-hydrogen) atoms. The molecule has 0 saturated heterocycles. The van der Waals surface area contributed by atoms with Crippen LogP contribution in [0.25, 0.3) is 0 Å². The van der Waals surface area contributed by atoms with Gasteiger partial charge in [-0.2, -0.15) is 0 Å². The highest BCUT2D eigenvalue weighted by Crippen LogP contribution is 2.05. The molecule has 1 heterocycles. The van der Waals surface area contributed by atoms with Gasteiger partial charge in [0.25, 0.3) is 0 Å². The van der Waals surface area contributed by atoms with Gasteiger partial charge >= 0.3 is 0 Å². The lowest BCUT2D eigenvalue weighted by Gasteiger charge is -1.99. The first-order valence-corrected chi connectivity index (χ1v) is 6.75. The van der Waals surface area contributed by atoms with Crippen molar-refractivity contribution < 1.29 is 0 Å². The second-order valence-corrected chi connectivity index (χ2v) is 4.49. The van der Waals surface area contributed by atoms with Crippen molar-refractivity contribution in [3.63, 3.8) is 0 Å². The topological polar surface area (TPSA) is 30.7 Å². The first kappa shape index (κ1) is 13.2. The number of unbranched alkanes of at least 4 members (excludes halogenated alkanes) is 5. The fraction of sp³-hybridized carbons (Fsp3) is 0.846. The lowest BCUT2D eigenvalue weighted by Crippen LogP contribution is -1.98. The van der Waals surface area contributed by atoms with Crippen molar-refractivity contribution >= 4 is 0 Å². The summed E-state index contributed by atoms with van der Waals surface area (Å²) in [7, 11) is 0. The molecule has 0 saturated carbocycles. The third-order valence-electron chi connectivity index (χ3n) is 2.86. The summed E-state index contributed by atoms with van der Waals surface area (Å²) in [6.45, 7) is 5.48. The minimum absolute atomic E-state index is 1.03. The standard InChI is InChI=1S/C13H25N3/c1-3-5-7-8-9-11-16-12-13(14-15-16)10-6-4-2/h12H,3-11H2,1-2H3. The Balaban J connectivity index is 2.14. The number of aryl methyl sites for hydroxylation is 2. The van der Waals surface area contributed by atoms with E-state index < -0.39 is 0 Å². The monoisotopic (exact) mass is 223 g/mol. The summed E-state index contributed by atoms with van der Waals surface area (Å²) >= 11 is 0. The predicted molar refractivity (Wildman–Crippen MR) is 67.4 cm³/mol. The fourth-order valence-electron chi connectivity index (χ4n) is 1.80. The van der Waals surface area contributed by atoms with Crippen LogP contribution < -0.4 is 0 Å². The average Bonchev–Trinajstić information content (AvgIpc) is 2.74. The molecule has 0 fully saturated rings. The van der Waals surface area contributed by atoms with Crippen LogP contribution in [0.2, 0.25) is 0 Å². The molecular weight excluding hydrogens is 198 g/mol. The van der Waals surface area contributed by atoms with Gasteiger partial charge in [-0.3, -0.25) is 4.68 Å². The van der Waals surface area contributed by atoms with Crippen molar-refractivity contribution in [2.24, 2.45) is 0 Å². The first-order valence-electron chi connectivity index (χ1n) is 6.75. The molecule has 0 unspecified atom stereocenters. The zero-order valence-corrected chi connectivity index (χ0v) is 10.8. The SMILES string of the molecule is CCCCCCCn1cc(CCCC)nn1. The van der Waals surface area contributed by atoms with Gasteiger partial charge in [0.1, 0.15) is 0 Å². The van der Waals surface area contributed by atoms with Crippen molar-refractivity contribution in [2.45, 2.75) is 71.8 Å². The van der Waals surface area contributed by atoms with E-state index in [9.17, 15) is 0 Å². The van der Waals surface area contributed by atoms with Crippen LogP contribution in [0.3, 0.4) is 0 Å². The first-order chi connectivity index (χ1) is 7.86. The Bertz CT molecular complexity index is 268. The molecule has 0 aliphatic carbocycles. The van der Waals surface area contributed by atoms with Crippen LogP contribution in [-0.4, -0.2) is 15.0 Å². The average molecular weight is 223 g/mol. The Morgan fingerprint density at radius 1 is 1.00 bits per heavy atom. The zero-order chi connectivity index (χ0) is 11.6. The van der Waals surface area contributed by atoms with E-state index in [1.165, 1.54) is 44.9 Å². The van der Waals surface area contributed by atoms with Gasteiger partial charge in [0.05, 0.1) is 5.69 Å². The smallest absolute Gasteiger partial charge is 0.0827 e. The summed E-state index contributed by atoms with van der Waals surface area (Å²) in [6, 6.07) is 0. The van der Waals surface area contributed by atoms with Gasteiger partial charge in [-0.05, 0) is 19.3 Å². The van der Waals surface area contributed by atoms with E-state index >= 15 is 0 Å². The third kappa shape index (κ3) is 5.29. The summed E-state index contributed by atoms with van der Waals surface area (Å²) in [6.07, 6.45) is 12.2. The number of nitrogens with zero attached hydrogens (tertiary/aromatic N) is 3. The van der Waals surface area contributed by atoms with E-state index in [2.05, 4.69) is 30.4 Å². The Labute approximate surface area is 99.2 Å². The zero-order valence-electron chi connectivity index (χ0n) is 10.8. The van der Waals surface area contributed by atoms with E-state index in [1.807, 2.05) is 4.68 Å². The number of hydrogen-bond donors (Lipinski definition) is 0. The summed E-state index contributed by atoms with van der Waals surface area (Å²) in [5, 5.41) is 8.34. The molecular formula is C13H25N3. The summed E-state index contributed by atoms with van der Waals surface area (Å²) < 4.78 is 2.00. The van der Waals surface area contributed by atoms with Crippen molar-refractivity contribution in [1.82, 2.24) is 15.0 Å². The number of aromatic nitrogens is 3. The van der Waals surface area contributed by atoms with Gasteiger partial charge in [0.15, 0.2) is 0 Å². The number of rotatable bonds is 9. The van der Waals surface area contributed by atoms with Crippen molar-refractivity contribution in [3.05, 3.63) is 11.9 Å². The van der Waals surface area contributed by atoms with Gasteiger partial charge in [-0.1, -0.05) is 51.2 Å². The second kappa shape index (κ2) is 8.31. The molecule has 0 amide bonds. The Morgan fingerprint density at radius 3 is 2.50 bits per heavy atom. The Hall–Kier alpha value is -0.860. The lowest BCUT2D eigenvalue weighted by atomic mass is 10.1. The van der Waals surface area contributed by atoms with E-state index in [1.54, 1.807) is 0 Å². The minimum Gasteiger partial charge on any atom is -0.252 e. The van der Waals surface area contributed by atoms with Gasteiger partial charge in [-0.25, -0.2) is 0 Å². The van der Waals surface area contributed by atoms with Gasteiger partial charge in [0.2, 0.25) is 0 Å². The van der Waals surface area contributed by atoms with Gasteiger partial charge < -0.3 is 0 Å². The van der Waals surface area contributed by atoms with Crippen LogP contribution in [0.15, 0.2) is 6.20 Å². The van der Waals surface area contributed by atoms with E-state index in [0.29, 0.717) is 0 Å². The highest BCUT2D eigenvalue weighted by Gasteiger charge is 1.99. The summed E-state index contributed by atoms with van der Waals surface area (Å²) in [5.74, 6) is 0. The lowest BCUT2D eigenvalue weighted by molar-refractivity contribution is 0.521. The molecule has 0 aliphatic heterocycles. The number of hydrogen-bond acceptors (Lipinski definition) is 2. The molecule has 92 valence electrons. The van der Waals surface area contributed by atoms with Gasteiger partial charge in [0, 0.05) is 12.7 Å². The quantitative estimate of drug-likeness (QED) is 0.599. The van der Waals surface area contributed by atoms with Crippen molar-refractivity contribution in [2.75, 3.05) is 0 Å². The maximum absolute atomic E-state index is 4.18. The molecule has 0 N–H and O–H groups in total. The van der Waals surface area contributed by atoms with Gasteiger partial charge in [-0.15, -0.1) is 5.10 Å². The van der Waals surface area contributed by atoms with E-state index in [0.717, 1.165) is 18.7 Å². The fourth-order valence-corrected chi connectivity index (χ4v) is 1.80. The van der Waals surface area contributed by atoms with Crippen LogP contribution in [-0.2, 0) is 13.0 Å². The normalized spacial score (nSPS) is 10.9. The Kier molecular flexibility index (Phi) is 6.86. The highest BCUT2D eigenvalue weighted by molar-refractivity contribution is 4.91. The third-order valence-corrected chi connectivity index (χ3v) is 2.86. The Morgan fingerprint density at radius 2 is 1.75 bits per heavy atom. The second-order valence-electron chi connectivity index (χ2n) is 4.49. The van der Waals surface area contributed by atoms with Crippen LogP contribution in [0, 0.1) is 0 Å². The molecule has 0 radical (unpaired) electrons. The van der Waals surface area contributed by atoms with Crippen LogP contribution in [0.4, 0.5) is 0 Å². The van der Waals surface area contributed by atoms with Crippen LogP contribution >= 0.6 is 0 Å². The summed E-state index contributed by atoms with van der Waals surface area (Å²) in [4.78, 5) is 0. The van der Waals surface area contributed by atoms with E-state index in [-0.39, 0.29) is 0 Å². The molecule has 1 aromatic heterocycles. The molecule has 0 spiro atoms. The molecule has 0 aliphatic rings. The van der Waals surface area contributed by atoms with Crippen LogP contribution in [0.1, 0.15) is 64.5 Å². The maximum Gasteiger partial charge on any atom is 0.0827 e. The van der Waals surface area contributed by atoms with Crippen LogP contribution in [0.5, 0.6) is 0 Å². The van der Waals surface area contributed by atoms with Crippen molar-refractivity contribution in [1.29, 1.82) is 0 Å².